The molecule has 0 aromatic carbocycles. The van der Waals surface area contributed by atoms with E-state index in [1.807, 2.05) is 6.92 Å². The summed E-state index contributed by atoms with van der Waals surface area (Å²) in [5, 5.41) is 16.4. The molecular weight excluding hydrogens is 186 g/mol. The fourth-order valence-electron chi connectivity index (χ4n) is 1.40. The van der Waals surface area contributed by atoms with Crippen LogP contribution in [0.1, 0.15) is 23.4 Å². The minimum atomic E-state index is -0.0850. The van der Waals surface area contributed by atoms with E-state index >= 15 is 0 Å². The number of aliphatic hydroxyl groups is 1. The third-order valence-corrected chi connectivity index (χ3v) is 3.23. The summed E-state index contributed by atoms with van der Waals surface area (Å²) in [7, 11) is 0. The van der Waals surface area contributed by atoms with E-state index in [2.05, 4.69) is 14.9 Å². The molecule has 0 bridgehead atoms. The molecule has 1 aromatic rings. The van der Waals surface area contributed by atoms with E-state index in [4.69, 9.17) is 5.11 Å². The molecule has 1 saturated carbocycles. The van der Waals surface area contributed by atoms with Crippen molar-refractivity contribution in [3.63, 3.8) is 0 Å². The molecule has 0 amide bonds. The number of aliphatic hydroxyl groups excluding tert-OH is 1. The summed E-state index contributed by atoms with van der Waals surface area (Å²) in [4.78, 5) is 1.20. The van der Waals surface area contributed by atoms with E-state index in [0.717, 1.165) is 25.1 Å². The second-order valence-corrected chi connectivity index (χ2v) is 4.32. The number of aromatic nitrogens is 2. The van der Waals surface area contributed by atoms with Crippen LogP contribution in [0.4, 0.5) is 0 Å². The molecule has 0 spiro atoms. The van der Waals surface area contributed by atoms with Crippen molar-refractivity contribution in [1.82, 2.24) is 14.9 Å². The highest BCUT2D eigenvalue weighted by molar-refractivity contribution is 7.05. The van der Waals surface area contributed by atoms with Crippen LogP contribution < -0.4 is 5.32 Å². The van der Waals surface area contributed by atoms with Crippen molar-refractivity contribution in [2.45, 2.75) is 38.5 Å². The lowest BCUT2D eigenvalue weighted by atomic mass is 9.89. The Morgan fingerprint density at radius 2 is 2.38 bits per heavy atom. The van der Waals surface area contributed by atoms with Gasteiger partial charge in [0.2, 0.25) is 0 Å². The van der Waals surface area contributed by atoms with Crippen molar-refractivity contribution in [2.75, 3.05) is 0 Å². The zero-order valence-corrected chi connectivity index (χ0v) is 8.34. The predicted octanol–water partition coefficient (Wildman–Crippen LogP) is 0.459. The Kier molecular flexibility index (Phi) is 2.57. The van der Waals surface area contributed by atoms with Gasteiger partial charge in [-0.15, -0.1) is 5.10 Å². The average molecular weight is 199 g/mol. The van der Waals surface area contributed by atoms with Crippen LogP contribution in [-0.4, -0.2) is 26.8 Å². The van der Waals surface area contributed by atoms with Crippen molar-refractivity contribution < 1.29 is 5.11 Å². The van der Waals surface area contributed by atoms with E-state index in [0.29, 0.717) is 6.04 Å². The summed E-state index contributed by atoms with van der Waals surface area (Å²) in [6.07, 6.45) is 1.68. The molecule has 1 heterocycles. The number of nitrogens with zero attached hydrogens (tertiary/aromatic N) is 2. The van der Waals surface area contributed by atoms with Gasteiger partial charge in [-0.05, 0) is 31.3 Å². The first-order valence-electron chi connectivity index (χ1n) is 4.45. The van der Waals surface area contributed by atoms with Crippen LogP contribution in [0.15, 0.2) is 0 Å². The minimum Gasteiger partial charge on any atom is -0.393 e. The molecule has 2 rings (SSSR count). The molecule has 0 radical (unpaired) electrons. The van der Waals surface area contributed by atoms with Gasteiger partial charge in [-0.1, -0.05) is 4.49 Å². The average Bonchev–Trinajstić information content (AvgIpc) is 2.43. The molecule has 72 valence electrons. The van der Waals surface area contributed by atoms with Gasteiger partial charge < -0.3 is 10.4 Å². The van der Waals surface area contributed by atoms with Crippen LogP contribution >= 0.6 is 11.5 Å². The summed E-state index contributed by atoms with van der Waals surface area (Å²) >= 11 is 1.44. The van der Waals surface area contributed by atoms with E-state index in [1.54, 1.807) is 0 Å². The Labute approximate surface area is 81.1 Å². The fourth-order valence-corrected chi connectivity index (χ4v) is 1.99. The molecule has 1 fully saturated rings. The summed E-state index contributed by atoms with van der Waals surface area (Å²) in [5.74, 6) is 0. The Balaban J connectivity index is 1.77. The van der Waals surface area contributed by atoms with Crippen LogP contribution in [0.3, 0.4) is 0 Å². The van der Waals surface area contributed by atoms with Gasteiger partial charge in [-0.2, -0.15) is 0 Å². The molecule has 2 N–H and O–H groups in total. The maximum absolute atomic E-state index is 9.07. The van der Waals surface area contributed by atoms with E-state index in [-0.39, 0.29) is 6.10 Å². The monoisotopic (exact) mass is 199 g/mol. The van der Waals surface area contributed by atoms with Crippen molar-refractivity contribution in [3.8, 4) is 0 Å². The third-order valence-electron chi connectivity index (χ3n) is 2.41. The Morgan fingerprint density at radius 1 is 1.62 bits per heavy atom. The van der Waals surface area contributed by atoms with Crippen LogP contribution in [0.5, 0.6) is 0 Å². The predicted molar refractivity (Wildman–Crippen MR) is 50.5 cm³/mol. The number of hydrogen-bond donors (Lipinski definition) is 2. The first-order valence-corrected chi connectivity index (χ1v) is 5.22. The van der Waals surface area contributed by atoms with Gasteiger partial charge in [0.1, 0.15) is 0 Å². The Hall–Kier alpha value is -0.520. The normalized spacial score (nSPS) is 27.2. The molecule has 0 atom stereocenters. The molecule has 13 heavy (non-hydrogen) atoms. The molecule has 1 aliphatic rings. The standard InChI is InChI=1S/C8H13N3OS/c1-5-8(13-11-10-5)4-9-6-2-7(12)3-6/h6-7,9,12H,2-4H2,1H3. The summed E-state index contributed by atoms with van der Waals surface area (Å²) < 4.78 is 3.86. The van der Waals surface area contributed by atoms with Gasteiger partial charge in [0, 0.05) is 12.6 Å². The molecule has 1 aliphatic carbocycles. The van der Waals surface area contributed by atoms with Gasteiger partial charge >= 0.3 is 0 Å². The minimum absolute atomic E-state index is 0.0850. The Bertz CT molecular complexity index is 283. The summed E-state index contributed by atoms with van der Waals surface area (Å²) in [6.45, 7) is 2.80. The van der Waals surface area contributed by atoms with E-state index < -0.39 is 0 Å². The van der Waals surface area contributed by atoms with Crippen LogP contribution in [-0.2, 0) is 6.54 Å². The van der Waals surface area contributed by atoms with Gasteiger partial charge in [0.05, 0.1) is 16.7 Å². The van der Waals surface area contributed by atoms with Crippen molar-refractivity contribution in [2.24, 2.45) is 0 Å². The fraction of sp³-hybridized carbons (Fsp3) is 0.750. The second-order valence-electron chi connectivity index (χ2n) is 3.48. The Morgan fingerprint density at radius 3 is 2.92 bits per heavy atom. The summed E-state index contributed by atoms with van der Waals surface area (Å²) in [5.41, 5.74) is 1.01. The zero-order valence-electron chi connectivity index (χ0n) is 7.53. The first kappa shape index (κ1) is 9.05. The molecular formula is C8H13N3OS. The number of aryl methyl sites for hydroxylation is 1. The summed E-state index contributed by atoms with van der Waals surface area (Å²) in [6, 6.07) is 0.483. The zero-order chi connectivity index (χ0) is 9.26. The van der Waals surface area contributed by atoms with Gasteiger partial charge in [0.25, 0.3) is 0 Å². The maximum atomic E-state index is 9.07. The molecule has 5 heteroatoms. The van der Waals surface area contributed by atoms with Crippen molar-refractivity contribution >= 4 is 11.5 Å². The van der Waals surface area contributed by atoms with Crippen LogP contribution in [0.2, 0.25) is 0 Å². The highest BCUT2D eigenvalue weighted by Crippen LogP contribution is 2.20. The van der Waals surface area contributed by atoms with Crippen LogP contribution in [0.25, 0.3) is 0 Å². The number of nitrogens with one attached hydrogen (secondary N) is 1. The largest absolute Gasteiger partial charge is 0.393 e. The SMILES string of the molecule is Cc1nnsc1CNC1CC(O)C1. The molecule has 0 unspecified atom stereocenters. The highest BCUT2D eigenvalue weighted by atomic mass is 32.1. The number of rotatable bonds is 3. The molecule has 1 aromatic heterocycles. The van der Waals surface area contributed by atoms with E-state index in [1.165, 1.54) is 16.4 Å². The van der Waals surface area contributed by atoms with Crippen molar-refractivity contribution in [1.29, 1.82) is 0 Å². The number of hydrogen-bond acceptors (Lipinski definition) is 5. The molecule has 4 nitrogen and oxygen atoms in total. The van der Waals surface area contributed by atoms with Crippen LogP contribution in [0, 0.1) is 6.92 Å². The van der Waals surface area contributed by atoms with Crippen molar-refractivity contribution in [3.05, 3.63) is 10.6 Å². The highest BCUT2D eigenvalue weighted by Gasteiger charge is 2.26. The lowest BCUT2D eigenvalue weighted by Crippen LogP contribution is -2.43. The topological polar surface area (TPSA) is 58.0 Å². The van der Waals surface area contributed by atoms with Gasteiger partial charge in [-0.25, -0.2) is 0 Å². The van der Waals surface area contributed by atoms with E-state index in [9.17, 15) is 0 Å². The van der Waals surface area contributed by atoms with Gasteiger partial charge in [0.15, 0.2) is 0 Å². The smallest absolute Gasteiger partial charge is 0.0769 e. The second kappa shape index (κ2) is 3.69. The third kappa shape index (κ3) is 2.04. The maximum Gasteiger partial charge on any atom is 0.0769 e. The van der Waals surface area contributed by atoms with Gasteiger partial charge in [-0.3, -0.25) is 0 Å². The first-order chi connectivity index (χ1) is 6.25. The lowest BCUT2D eigenvalue weighted by Gasteiger charge is -2.31. The molecule has 0 saturated heterocycles. The lowest BCUT2D eigenvalue weighted by molar-refractivity contribution is 0.0620. The quantitative estimate of drug-likeness (QED) is 0.742. The molecule has 0 aliphatic heterocycles.